The van der Waals surface area contributed by atoms with Gasteiger partial charge in [0.25, 0.3) is 0 Å². The van der Waals surface area contributed by atoms with Gasteiger partial charge in [0, 0.05) is 22.9 Å². The molecule has 3 nitrogen and oxygen atoms in total. The van der Waals surface area contributed by atoms with E-state index in [1.54, 1.807) is 7.11 Å². The van der Waals surface area contributed by atoms with Crippen LogP contribution in [0.2, 0.25) is 0 Å². The normalized spacial score (nSPS) is 14.8. The fourth-order valence-corrected chi connectivity index (χ4v) is 2.67. The summed E-state index contributed by atoms with van der Waals surface area (Å²) in [6.45, 7) is 0. The Labute approximate surface area is 115 Å². The lowest BCUT2D eigenvalue weighted by Gasteiger charge is -2.09. The zero-order chi connectivity index (χ0) is 12.5. The van der Waals surface area contributed by atoms with Crippen molar-refractivity contribution < 1.29 is 4.74 Å². The van der Waals surface area contributed by atoms with Crippen LogP contribution in [0.4, 0.5) is 0 Å². The Bertz CT molecular complexity index is 561. The molecule has 94 valence electrons. The maximum atomic E-state index is 5.28. The van der Waals surface area contributed by atoms with E-state index in [2.05, 4.69) is 31.8 Å². The Hall–Kier alpha value is -1.29. The molecule has 1 aromatic carbocycles. The van der Waals surface area contributed by atoms with E-state index in [0.29, 0.717) is 5.92 Å². The molecule has 0 spiro atoms. The Morgan fingerprint density at radius 2 is 2.28 bits per heavy atom. The minimum absolute atomic E-state index is 0.672. The molecule has 0 saturated heterocycles. The second-order valence-electron chi connectivity index (χ2n) is 4.58. The molecule has 1 aromatic heterocycles. The van der Waals surface area contributed by atoms with Gasteiger partial charge in [0.05, 0.1) is 24.7 Å². The second kappa shape index (κ2) is 4.76. The van der Waals surface area contributed by atoms with Crippen molar-refractivity contribution in [2.75, 3.05) is 7.11 Å². The van der Waals surface area contributed by atoms with E-state index in [-0.39, 0.29) is 0 Å². The highest BCUT2D eigenvalue weighted by molar-refractivity contribution is 9.08. The summed E-state index contributed by atoms with van der Waals surface area (Å²) in [5, 5.41) is 5.39. The number of nitrogens with zero attached hydrogens (tertiary/aromatic N) is 2. The first-order valence-electron chi connectivity index (χ1n) is 6.10. The van der Waals surface area contributed by atoms with Gasteiger partial charge in [0.15, 0.2) is 0 Å². The van der Waals surface area contributed by atoms with Gasteiger partial charge in [-0.15, -0.1) is 0 Å². The highest BCUT2D eigenvalue weighted by atomic mass is 79.9. The number of aromatic nitrogens is 2. The van der Waals surface area contributed by atoms with Gasteiger partial charge in [-0.25, -0.2) is 4.68 Å². The molecule has 18 heavy (non-hydrogen) atoms. The first kappa shape index (κ1) is 11.8. The van der Waals surface area contributed by atoms with Crippen molar-refractivity contribution in [2.24, 2.45) is 0 Å². The van der Waals surface area contributed by atoms with Gasteiger partial charge < -0.3 is 4.74 Å². The molecule has 0 amide bonds. The average Bonchev–Trinajstić information content (AvgIpc) is 3.17. The highest BCUT2D eigenvalue weighted by Crippen LogP contribution is 2.43. The van der Waals surface area contributed by atoms with Crippen molar-refractivity contribution >= 4 is 15.9 Å². The molecular weight excluding hydrogens is 292 g/mol. The molecule has 4 heteroatoms. The lowest BCUT2D eigenvalue weighted by atomic mass is 10.2. The molecule has 1 aliphatic rings. The zero-order valence-electron chi connectivity index (χ0n) is 10.3. The predicted molar refractivity (Wildman–Crippen MR) is 74.7 cm³/mol. The number of halogens is 1. The van der Waals surface area contributed by atoms with Crippen LogP contribution in [0.1, 0.15) is 30.0 Å². The van der Waals surface area contributed by atoms with Crippen LogP contribution in [0.5, 0.6) is 5.75 Å². The smallest absolute Gasteiger partial charge is 0.121 e. The Morgan fingerprint density at radius 1 is 1.44 bits per heavy atom. The molecular formula is C14H15BrN2O. The molecule has 1 heterocycles. The van der Waals surface area contributed by atoms with Gasteiger partial charge in [-0.2, -0.15) is 5.10 Å². The molecule has 0 radical (unpaired) electrons. The van der Waals surface area contributed by atoms with Crippen molar-refractivity contribution in [3.8, 4) is 11.4 Å². The summed E-state index contributed by atoms with van der Waals surface area (Å²) in [5.74, 6) is 1.54. The highest BCUT2D eigenvalue weighted by Gasteiger charge is 2.30. The third-order valence-electron chi connectivity index (χ3n) is 3.29. The standard InChI is InChI=1S/C14H15BrN2O/c1-18-13-4-2-3-12(7-13)17-14(10-5-6-10)11(8-15)9-16-17/h2-4,7,9-10H,5-6,8H2,1H3. The van der Waals surface area contributed by atoms with Crippen LogP contribution in [0.15, 0.2) is 30.5 Å². The van der Waals surface area contributed by atoms with E-state index in [4.69, 9.17) is 4.74 Å². The minimum Gasteiger partial charge on any atom is -0.497 e. The number of methoxy groups -OCH3 is 1. The van der Waals surface area contributed by atoms with E-state index < -0.39 is 0 Å². The lowest BCUT2D eigenvalue weighted by molar-refractivity contribution is 0.414. The van der Waals surface area contributed by atoms with Crippen LogP contribution in [0.3, 0.4) is 0 Å². The summed E-state index contributed by atoms with van der Waals surface area (Å²) >= 11 is 3.54. The summed E-state index contributed by atoms with van der Waals surface area (Å²) in [6.07, 6.45) is 4.51. The van der Waals surface area contributed by atoms with E-state index >= 15 is 0 Å². The number of benzene rings is 1. The van der Waals surface area contributed by atoms with Crippen LogP contribution >= 0.6 is 15.9 Å². The zero-order valence-corrected chi connectivity index (χ0v) is 11.9. The lowest BCUT2D eigenvalue weighted by Crippen LogP contribution is -2.02. The molecule has 0 atom stereocenters. The van der Waals surface area contributed by atoms with Gasteiger partial charge >= 0.3 is 0 Å². The van der Waals surface area contributed by atoms with Gasteiger partial charge in [-0.3, -0.25) is 0 Å². The van der Waals surface area contributed by atoms with Crippen LogP contribution in [-0.2, 0) is 5.33 Å². The SMILES string of the molecule is COc1cccc(-n2ncc(CBr)c2C2CC2)c1. The van der Waals surface area contributed by atoms with Crippen molar-refractivity contribution in [2.45, 2.75) is 24.1 Å². The molecule has 3 rings (SSSR count). The fourth-order valence-electron chi connectivity index (χ4n) is 2.23. The third-order valence-corrected chi connectivity index (χ3v) is 3.90. The fraction of sp³-hybridized carbons (Fsp3) is 0.357. The summed E-state index contributed by atoms with van der Waals surface area (Å²) in [4.78, 5) is 0. The van der Waals surface area contributed by atoms with E-state index in [0.717, 1.165) is 16.8 Å². The second-order valence-corrected chi connectivity index (χ2v) is 5.14. The summed E-state index contributed by atoms with van der Waals surface area (Å²) in [5.41, 5.74) is 3.71. The number of hydrogen-bond donors (Lipinski definition) is 0. The topological polar surface area (TPSA) is 27.1 Å². The van der Waals surface area contributed by atoms with Gasteiger partial charge in [-0.1, -0.05) is 22.0 Å². The Kier molecular flexibility index (Phi) is 3.12. The minimum atomic E-state index is 0.672. The third kappa shape index (κ3) is 2.05. The van der Waals surface area contributed by atoms with Crippen LogP contribution < -0.4 is 4.74 Å². The maximum absolute atomic E-state index is 5.28. The number of hydrogen-bond acceptors (Lipinski definition) is 2. The first-order valence-corrected chi connectivity index (χ1v) is 7.23. The predicted octanol–water partition coefficient (Wildman–Crippen LogP) is 3.65. The molecule has 0 aliphatic heterocycles. The Morgan fingerprint density at radius 3 is 2.94 bits per heavy atom. The van der Waals surface area contributed by atoms with Gasteiger partial charge in [-0.05, 0) is 25.0 Å². The molecule has 1 aliphatic carbocycles. The van der Waals surface area contributed by atoms with E-state index in [1.807, 2.05) is 24.4 Å². The van der Waals surface area contributed by atoms with E-state index in [9.17, 15) is 0 Å². The number of alkyl halides is 1. The molecule has 2 aromatic rings. The van der Waals surface area contributed by atoms with Crippen LogP contribution in [0.25, 0.3) is 5.69 Å². The Balaban J connectivity index is 2.07. The summed E-state index contributed by atoms with van der Waals surface area (Å²) < 4.78 is 7.33. The quantitative estimate of drug-likeness (QED) is 0.806. The van der Waals surface area contributed by atoms with Crippen LogP contribution in [-0.4, -0.2) is 16.9 Å². The largest absolute Gasteiger partial charge is 0.497 e. The van der Waals surface area contributed by atoms with Crippen molar-refractivity contribution in [1.29, 1.82) is 0 Å². The number of rotatable bonds is 4. The van der Waals surface area contributed by atoms with Crippen molar-refractivity contribution in [3.05, 3.63) is 41.7 Å². The van der Waals surface area contributed by atoms with Crippen molar-refractivity contribution in [1.82, 2.24) is 9.78 Å². The summed E-state index contributed by atoms with van der Waals surface area (Å²) in [7, 11) is 1.69. The van der Waals surface area contributed by atoms with Gasteiger partial charge in [0.1, 0.15) is 5.75 Å². The first-order chi connectivity index (χ1) is 8.83. The number of ether oxygens (including phenoxy) is 1. The summed E-state index contributed by atoms with van der Waals surface area (Å²) in [6, 6.07) is 8.05. The monoisotopic (exact) mass is 306 g/mol. The maximum Gasteiger partial charge on any atom is 0.121 e. The average molecular weight is 307 g/mol. The van der Waals surface area contributed by atoms with E-state index in [1.165, 1.54) is 24.1 Å². The molecule has 1 fully saturated rings. The molecule has 0 unspecified atom stereocenters. The van der Waals surface area contributed by atoms with Crippen LogP contribution in [0, 0.1) is 0 Å². The van der Waals surface area contributed by atoms with Gasteiger partial charge in [0.2, 0.25) is 0 Å². The van der Waals surface area contributed by atoms with Crippen molar-refractivity contribution in [3.63, 3.8) is 0 Å². The molecule has 0 N–H and O–H groups in total. The molecule has 1 saturated carbocycles. The molecule has 0 bridgehead atoms.